The van der Waals surface area contributed by atoms with Crippen molar-refractivity contribution in [2.24, 2.45) is 5.92 Å². The van der Waals surface area contributed by atoms with Gasteiger partial charge in [-0.3, -0.25) is 9.78 Å². The zero-order valence-corrected chi connectivity index (χ0v) is 11.7. The summed E-state index contributed by atoms with van der Waals surface area (Å²) in [6.45, 7) is 2.81. The molecule has 0 saturated carbocycles. The smallest absolute Gasteiger partial charge is 0.227 e. The van der Waals surface area contributed by atoms with Gasteiger partial charge >= 0.3 is 0 Å². The third kappa shape index (κ3) is 2.10. The van der Waals surface area contributed by atoms with Crippen molar-refractivity contribution in [2.75, 3.05) is 17.2 Å². The zero-order valence-electron chi connectivity index (χ0n) is 10.8. The lowest BCUT2D eigenvalue weighted by Crippen LogP contribution is -2.25. The summed E-state index contributed by atoms with van der Waals surface area (Å²) in [7, 11) is 0. The molecule has 0 bridgehead atoms. The van der Waals surface area contributed by atoms with Gasteiger partial charge in [-0.25, -0.2) is 0 Å². The Balaban J connectivity index is 2.14. The minimum Gasteiger partial charge on any atom is -0.311 e. The van der Waals surface area contributed by atoms with Gasteiger partial charge in [0.2, 0.25) is 5.91 Å². The van der Waals surface area contributed by atoms with Crippen LogP contribution >= 0.6 is 12.6 Å². The van der Waals surface area contributed by atoms with Crippen molar-refractivity contribution >= 4 is 35.1 Å². The van der Waals surface area contributed by atoms with Gasteiger partial charge in [0.25, 0.3) is 0 Å². The topological polar surface area (TPSA) is 33.2 Å². The van der Waals surface area contributed by atoms with E-state index < -0.39 is 0 Å². The molecule has 3 rings (SSSR count). The number of hydrogen-bond donors (Lipinski definition) is 1. The number of pyridine rings is 1. The van der Waals surface area contributed by atoms with Crippen molar-refractivity contribution in [3.8, 4) is 0 Å². The molecule has 1 atom stereocenters. The van der Waals surface area contributed by atoms with Crippen LogP contribution < -0.4 is 4.90 Å². The molecule has 4 heteroatoms. The summed E-state index contributed by atoms with van der Waals surface area (Å²) in [6.07, 6.45) is 2.38. The molecule has 98 valence electrons. The van der Waals surface area contributed by atoms with Gasteiger partial charge in [-0.1, -0.05) is 6.07 Å². The quantitative estimate of drug-likeness (QED) is 0.853. The Morgan fingerprint density at radius 3 is 3.00 bits per heavy atom. The summed E-state index contributed by atoms with van der Waals surface area (Å²) in [5.41, 5.74) is 3.07. The summed E-state index contributed by atoms with van der Waals surface area (Å²) in [6, 6.07) is 7.99. The molecule has 1 saturated heterocycles. The van der Waals surface area contributed by atoms with Crippen molar-refractivity contribution < 1.29 is 4.79 Å². The minimum absolute atomic E-state index is 0.193. The zero-order chi connectivity index (χ0) is 13.4. The maximum absolute atomic E-state index is 12.2. The molecule has 1 fully saturated rings. The Morgan fingerprint density at radius 2 is 2.26 bits per heavy atom. The second-order valence-corrected chi connectivity index (χ2v) is 5.42. The van der Waals surface area contributed by atoms with Crippen LogP contribution in [0.2, 0.25) is 0 Å². The lowest BCUT2D eigenvalue weighted by atomic mass is 10.1. The maximum atomic E-state index is 12.2. The molecule has 0 aliphatic carbocycles. The number of fused-ring (bicyclic) bond motifs is 1. The van der Waals surface area contributed by atoms with Crippen LogP contribution in [0.15, 0.2) is 30.5 Å². The van der Waals surface area contributed by atoms with Crippen LogP contribution in [0.1, 0.15) is 12.0 Å². The number of aryl methyl sites for hydroxylation is 1. The number of rotatable bonds is 2. The molecule has 0 N–H and O–H groups in total. The number of aromatic nitrogens is 1. The van der Waals surface area contributed by atoms with Crippen molar-refractivity contribution in [3.05, 3.63) is 36.0 Å². The second kappa shape index (κ2) is 4.85. The molecule has 2 aromatic rings. The number of hydrogen-bond acceptors (Lipinski definition) is 3. The first kappa shape index (κ1) is 12.5. The number of nitrogens with zero attached hydrogens (tertiary/aromatic N) is 2. The lowest BCUT2D eigenvalue weighted by Gasteiger charge is -2.21. The highest BCUT2D eigenvalue weighted by Gasteiger charge is 2.31. The molecular weight excluding hydrogens is 256 g/mol. The fraction of sp³-hybridized carbons (Fsp3) is 0.333. The van der Waals surface area contributed by atoms with Gasteiger partial charge in [0.15, 0.2) is 0 Å². The summed E-state index contributed by atoms with van der Waals surface area (Å²) >= 11 is 4.32. The Labute approximate surface area is 118 Å². The molecular formula is C15H16N2OS. The molecule has 2 heterocycles. The van der Waals surface area contributed by atoms with Crippen LogP contribution in [0, 0.1) is 12.8 Å². The normalized spacial score (nSPS) is 19.4. The minimum atomic E-state index is 0.193. The van der Waals surface area contributed by atoms with Crippen LogP contribution in [-0.4, -0.2) is 23.2 Å². The molecule has 1 aliphatic rings. The van der Waals surface area contributed by atoms with E-state index in [-0.39, 0.29) is 5.91 Å². The predicted octanol–water partition coefficient (Wildman–Crippen LogP) is 2.83. The maximum Gasteiger partial charge on any atom is 0.227 e. The van der Waals surface area contributed by atoms with Gasteiger partial charge < -0.3 is 4.90 Å². The van der Waals surface area contributed by atoms with E-state index in [0.29, 0.717) is 12.3 Å². The first-order chi connectivity index (χ1) is 9.20. The van der Waals surface area contributed by atoms with Crippen molar-refractivity contribution in [3.63, 3.8) is 0 Å². The lowest BCUT2D eigenvalue weighted by molar-refractivity contribution is -0.117. The number of anilines is 1. The van der Waals surface area contributed by atoms with Crippen molar-refractivity contribution in [1.29, 1.82) is 0 Å². The van der Waals surface area contributed by atoms with Gasteiger partial charge in [-0.2, -0.15) is 12.6 Å². The molecule has 1 aromatic heterocycles. The molecule has 3 nitrogen and oxygen atoms in total. The molecule has 1 aliphatic heterocycles. The number of thiol groups is 1. The van der Waals surface area contributed by atoms with Crippen LogP contribution in [0.25, 0.3) is 10.9 Å². The number of carbonyl (C=O) groups is 1. The van der Waals surface area contributed by atoms with E-state index in [1.165, 1.54) is 0 Å². The number of amides is 1. The first-order valence-electron chi connectivity index (χ1n) is 6.46. The molecule has 1 amide bonds. The summed E-state index contributed by atoms with van der Waals surface area (Å²) in [5.74, 6) is 1.30. The molecule has 0 radical (unpaired) electrons. The highest BCUT2D eigenvalue weighted by Crippen LogP contribution is 2.34. The average Bonchev–Trinajstić information content (AvgIpc) is 2.80. The van der Waals surface area contributed by atoms with Gasteiger partial charge in [-0.05, 0) is 42.4 Å². The van der Waals surface area contributed by atoms with E-state index in [1.807, 2.05) is 36.1 Å². The Morgan fingerprint density at radius 1 is 1.42 bits per heavy atom. The van der Waals surface area contributed by atoms with E-state index in [1.54, 1.807) is 6.20 Å². The standard InChI is InChI=1S/C15H16N2OS/c1-10-4-5-13-12(3-2-6-16-13)15(10)17-8-11(9-19)7-14(17)18/h2-6,11,19H,7-9H2,1H3. The van der Waals surface area contributed by atoms with E-state index >= 15 is 0 Å². The van der Waals surface area contributed by atoms with Crippen molar-refractivity contribution in [1.82, 2.24) is 4.98 Å². The second-order valence-electron chi connectivity index (χ2n) is 5.06. The highest BCUT2D eigenvalue weighted by atomic mass is 32.1. The summed E-state index contributed by atoms with van der Waals surface area (Å²) < 4.78 is 0. The summed E-state index contributed by atoms with van der Waals surface area (Å²) in [4.78, 5) is 18.5. The fourth-order valence-corrected chi connectivity index (χ4v) is 2.97. The van der Waals surface area contributed by atoms with Crippen LogP contribution in [-0.2, 0) is 4.79 Å². The third-order valence-electron chi connectivity index (χ3n) is 3.69. The van der Waals surface area contributed by atoms with E-state index in [9.17, 15) is 4.79 Å². The largest absolute Gasteiger partial charge is 0.311 e. The van der Waals surface area contributed by atoms with Crippen LogP contribution in [0.4, 0.5) is 5.69 Å². The van der Waals surface area contributed by atoms with E-state index in [4.69, 9.17) is 0 Å². The van der Waals surface area contributed by atoms with E-state index in [2.05, 4.69) is 17.6 Å². The number of carbonyl (C=O) groups excluding carboxylic acids is 1. The summed E-state index contributed by atoms with van der Waals surface area (Å²) in [5, 5.41) is 1.05. The molecule has 1 unspecified atom stereocenters. The Bertz CT molecular complexity index is 641. The highest BCUT2D eigenvalue weighted by molar-refractivity contribution is 7.80. The average molecular weight is 272 g/mol. The predicted molar refractivity (Wildman–Crippen MR) is 80.8 cm³/mol. The van der Waals surface area contributed by atoms with Gasteiger partial charge in [0, 0.05) is 24.5 Å². The van der Waals surface area contributed by atoms with E-state index in [0.717, 1.165) is 34.5 Å². The SMILES string of the molecule is Cc1ccc2ncccc2c1N1CC(CS)CC1=O. The van der Waals surface area contributed by atoms with Crippen LogP contribution in [0.5, 0.6) is 0 Å². The third-order valence-corrected chi connectivity index (χ3v) is 4.21. The molecule has 19 heavy (non-hydrogen) atoms. The van der Waals surface area contributed by atoms with Crippen molar-refractivity contribution in [2.45, 2.75) is 13.3 Å². The molecule has 0 spiro atoms. The van der Waals surface area contributed by atoms with Gasteiger partial charge in [0.05, 0.1) is 11.2 Å². The first-order valence-corrected chi connectivity index (χ1v) is 7.09. The monoisotopic (exact) mass is 272 g/mol. The molecule has 1 aromatic carbocycles. The number of benzene rings is 1. The van der Waals surface area contributed by atoms with Gasteiger partial charge in [0.1, 0.15) is 0 Å². The Hall–Kier alpha value is -1.55. The van der Waals surface area contributed by atoms with Crippen LogP contribution in [0.3, 0.4) is 0 Å². The Kier molecular flexibility index (Phi) is 3.19. The fourth-order valence-electron chi connectivity index (χ4n) is 2.72. The van der Waals surface area contributed by atoms with Gasteiger partial charge in [-0.15, -0.1) is 0 Å².